The molecular formula is C18H24N2O. The van der Waals surface area contributed by atoms with Gasteiger partial charge in [0.15, 0.2) is 0 Å². The molecule has 0 radical (unpaired) electrons. The molecule has 3 nitrogen and oxygen atoms in total. The summed E-state index contributed by atoms with van der Waals surface area (Å²) in [5.74, 6) is 6.11. The standard InChI is InChI=1S/C18H24N2O/c1-4-5-12-20-13-7-6-11-16(20)18(21)19-17-14(2)9-8-10-15(17)3/h8-10,16H,6-7,11-13H2,1-3H3,(H,19,21)/t16-/m0/s1. The van der Waals surface area contributed by atoms with Crippen LogP contribution in [0.1, 0.15) is 37.3 Å². The highest BCUT2D eigenvalue weighted by molar-refractivity contribution is 5.96. The van der Waals surface area contributed by atoms with Crippen molar-refractivity contribution in [2.45, 2.75) is 46.1 Å². The second kappa shape index (κ2) is 7.28. The summed E-state index contributed by atoms with van der Waals surface area (Å²) >= 11 is 0. The third kappa shape index (κ3) is 3.86. The van der Waals surface area contributed by atoms with Crippen molar-refractivity contribution < 1.29 is 4.79 Å². The zero-order valence-corrected chi connectivity index (χ0v) is 13.2. The number of anilines is 1. The lowest BCUT2D eigenvalue weighted by Crippen LogP contribution is -2.47. The van der Waals surface area contributed by atoms with Gasteiger partial charge in [-0.25, -0.2) is 0 Å². The van der Waals surface area contributed by atoms with E-state index in [0.717, 1.165) is 42.6 Å². The van der Waals surface area contributed by atoms with Crippen molar-refractivity contribution in [3.05, 3.63) is 29.3 Å². The van der Waals surface area contributed by atoms with Crippen LogP contribution in [-0.2, 0) is 4.79 Å². The fourth-order valence-corrected chi connectivity index (χ4v) is 2.88. The first-order chi connectivity index (χ1) is 10.1. The smallest absolute Gasteiger partial charge is 0.241 e. The fraction of sp³-hybridized carbons (Fsp3) is 0.500. The maximum Gasteiger partial charge on any atom is 0.241 e. The number of hydrogen-bond donors (Lipinski definition) is 1. The number of piperidine rings is 1. The first-order valence-electron chi connectivity index (χ1n) is 7.64. The Morgan fingerprint density at radius 1 is 1.33 bits per heavy atom. The fourth-order valence-electron chi connectivity index (χ4n) is 2.88. The van der Waals surface area contributed by atoms with E-state index in [1.807, 2.05) is 39.0 Å². The summed E-state index contributed by atoms with van der Waals surface area (Å²) in [5.41, 5.74) is 3.17. The number of amides is 1. The Bertz CT molecular complexity index is 548. The summed E-state index contributed by atoms with van der Waals surface area (Å²) in [4.78, 5) is 14.8. The van der Waals surface area contributed by atoms with Crippen molar-refractivity contribution in [1.29, 1.82) is 0 Å². The third-order valence-electron chi connectivity index (χ3n) is 4.10. The highest BCUT2D eigenvalue weighted by Crippen LogP contribution is 2.22. The molecule has 0 aliphatic carbocycles. The van der Waals surface area contributed by atoms with E-state index in [-0.39, 0.29) is 11.9 Å². The molecule has 1 heterocycles. The third-order valence-corrected chi connectivity index (χ3v) is 4.10. The summed E-state index contributed by atoms with van der Waals surface area (Å²) in [6, 6.07) is 6.02. The Labute approximate surface area is 127 Å². The van der Waals surface area contributed by atoms with Crippen LogP contribution in [0.4, 0.5) is 5.69 Å². The average Bonchev–Trinajstić information content (AvgIpc) is 2.49. The van der Waals surface area contributed by atoms with Gasteiger partial charge in [-0.15, -0.1) is 5.92 Å². The minimum Gasteiger partial charge on any atom is -0.324 e. The second-order valence-corrected chi connectivity index (χ2v) is 5.66. The lowest BCUT2D eigenvalue weighted by atomic mass is 10.0. The molecule has 0 bridgehead atoms. The second-order valence-electron chi connectivity index (χ2n) is 5.66. The number of aryl methyl sites for hydroxylation is 2. The predicted molar refractivity (Wildman–Crippen MR) is 87.2 cm³/mol. The van der Waals surface area contributed by atoms with Crippen LogP contribution >= 0.6 is 0 Å². The van der Waals surface area contributed by atoms with Crippen LogP contribution in [0.3, 0.4) is 0 Å². The quantitative estimate of drug-likeness (QED) is 0.865. The van der Waals surface area contributed by atoms with Crippen LogP contribution in [0.2, 0.25) is 0 Å². The Kier molecular flexibility index (Phi) is 5.41. The summed E-state index contributed by atoms with van der Waals surface area (Å²) in [5, 5.41) is 3.13. The first kappa shape index (κ1) is 15.6. The van der Waals surface area contributed by atoms with Crippen LogP contribution in [0, 0.1) is 25.7 Å². The van der Waals surface area contributed by atoms with Gasteiger partial charge in [0.2, 0.25) is 5.91 Å². The molecule has 1 aliphatic rings. The predicted octanol–water partition coefficient (Wildman–Crippen LogP) is 3.12. The van der Waals surface area contributed by atoms with Crippen LogP contribution in [-0.4, -0.2) is 29.9 Å². The molecular weight excluding hydrogens is 260 g/mol. The lowest BCUT2D eigenvalue weighted by Gasteiger charge is -2.33. The lowest BCUT2D eigenvalue weighted by molar-refractivity contribution is -0.122. The van der Waals surface area contributed by atoms with Crippen LogP contribution in [0.15, 0.2) is 18.2 Å². The van der Waals surface area contributed by atoms with E-state index < -0.39 is 0 Å². The average molecular weight is 284 g/mol. The molecule has 112 valence electrons. The number of benzene rings is 1. The van der Waals surface area contributed by atoms with E-state index in [2.05, 4.69) is 22.1 Å². The van der Waals surface area contributed by atoms with E-state index >= 15 is 0 Å². The summed E-state index contributed by atoms with van der Waals surface area (Å²) in [6.07, 6.45) is 3.18. The zero-order valence-electron chi connectivity index (χ0n) is 13.2. The number of carbonyl (C=O) groups is 1. The van der Waals surface area contributed by atoms with E-state index in [1.165, 1.54) is 0 Å². The molecule has 1 atom stereocenters. The maximum atomic E-state index is 12.6. The van der Waals surface area contributed by atoms with Gasteiger partial charge < -0.3 is 5.32 Å². The van der Waals surface area contributed by atoms with Gasteiger partial charge in [0, 0.05) is 5.69 Å². The SMILES string of the molecule is CC#CCN1CCCC[C@H]1C(=O)Nc1c(C)cccc1C. The summed E-state index contributed by atoms with van der Waals surface area (Å²) in [6.45, 7) is 7.55. The minimum absolute atomic E-state index is 0.0568. The molecule has 3 heteroatoms. The van der Waals surface area contributed by atoms with Crippen molar-refractivity contribution in [2.24, 2.45) is 0 Å². The molecule has 1 aromatic carbocycles. The molecule has 1 aliphatic heterocycles. The molecule has 1 aromatic rings. The van der Waals surface area contributed by atoms with Gasteiger partial charge in [0.05, 0.1) is 12.6 Å². The Morgan fingerprint density at radius 2 is 2.05 bits per heavy atom. The highest BCUT2D eigenvalue weighted by Gasteiger charge is 2.28. The summed E-state index contributed by atoms with van der Waals surface area (Å²) < 4.78 is 0. The number of para-hydroxylation sites is 1. The number of likely N-dealkylation sites (tertiary alicyclic amines) is 1. The number of carbonyl (C=O) groups excluding carboxylic acids is 1. The van der Waals surface area contributed by atoms with Crippen molar-refractivity contribution in [3.63, 3.8) is 0 Å². The normalized spacial score (nSPS) is 18.7. The van der Waals surface area contributed by atoms with Gasteiger partial charge in [-0.2, -0.15) is 0 Å². The van der Waals surface area contributed by atoms with Gasteiger partial charge in [-0.3, -0.25) is 9.69 Å². The number of rotatable bonds is 3. The van der Waals surface area contributed by atoms with Crippen LogP contribution in [0.5, 0.6) is 0 Å². The number of nitrogens with one attached hydrogen (secondary N) is 1. The molecule has 21 heavy (non-hydrogen) atoms. The van der Waals surface area contributed by atoms with Crippen molar-refractivity contribution in [1.82, 2.24) is 4.90 Å². The van der Waals surface area contributed by atoms with Crippen LogP contribution < -0.4 is 5.32 Å². The van der Waals surface area contributed by atoms with Crippen molar-refractivity contribution in [3.8, 4) is 11.8 Å². The summed E-state index contributed by atoms with van der Waals surface area (Å²) in [7, 11) is 0. The van der Waals surface area contributed by atoms with Crippen molar-refractivity contribution in [2.75, 3.05) is 18.4 Å². The van der Waals surface area contributed by atoms with Crippen molar-refractivity contribution >= 4 is 11.6 Å². The minimum atomic E-state index is -0.0568. The Hall–Kier alpha value is -1.79. The Balaban J connectivity index is 2.11. The molecule has 1 N–H and O–H groups in total. The molecule has 1 amide bonds. The van der Waals surface area contributed by atoms with Crippen LogP contribution in [0.25, 0.3) is 0 Å². The highest BCUT2D eigenvalue weighted by atomic mass is 16.2. The van der Waals surface area contributed by atoms with E-state index in [4.69, 9.17) is 0 Å². The first-order valence-corrected chi connectivity index (χ1v) is 7.64. The topological polar surface area (TPSA) is 32.3 Å². The molecule has 1 saturated heterocycles. The number of hydrogen-bond acceptors (Lipinski definition) is 2. The largest absolute Gasteiger partial charge is 0.324 e. The zero-order chi connectivity index (χ0) is 15.2. The molecule has 0 saturated carbocycles. The van der Waals surface area contributed by atoms with Gasteiger partial charge >= 0.3 is 0 Å². The molecule has 2 rings (SSSR count). The van der Waals surface area contributed by atoms with Gasteiger partial charge in [-0.1, -0.05) is 30.5 Å². The monoisotopic (exact) mass is 284 g/mol. The van der Waals surface area contributed by atoms with E-state index in [1.54, 1.807) is 0 Å². The van der Waals surface area contributed by atoms with E-state index in [0.29, 0.717) is 6.54 Å². The molecule has 0 aromatic heterocycles. The van der Waals surface area contributed by atoms with E-state index in [9.17, 15) is 4.79 Å². The maximum absolute atomic E-state index is 12.6. The Morgan fingerprint density at radius 3 is 2.71 bits per heavy atom. The molecule has 1 fully saturated rings. The molecule has 0 spiro atoms. The molecule has 0 unspecified atom stereocenters. The number of nitrogens with zero attached hydrogens (tertiary/aromatic N) is 1. The van der Waals surface area contributed by atoms with Gasteiger partial charge in [0.1, 0.15) is 0 Å². The van der Waals surface area contributed by atoms with Gasteiger partial charge in [-0.05, 0) is 51.3 Å². The van der Waals surface area contributed by atoms with Gasteiger partial charge in [0.25, 0.3) is 0 Å².